The first-order valence-electron chi connectivity index (χ1n) is 10.1. The number of amides is 1. The van der Waals surface area contributed by atoms with Crippen molar-refractivity contribution < 1.29 is 13.9 Å². The number of benzene rings is 1. The van der Waals surface area contributed by atoms with Gasteiger partial charge in [0.25, 0.3) is 6.01 Å². The van der Waals surface area contributed by atoms with E-state index in [-0.39, 0.29) is 12.1 Å². The number of nitrogens with zero attached hydrogens (tertiary/aromatic N) is 4. The van der Waals surface area contributed by atoms with E-state index < -0.39 is 5.60 Å². The maximum atomic E-state index is 12.5. The van der Waals surface area contributed by atoms with E-state index in [1.54, 1.807) is 11.1 Å². The lowest BCUT2D eigenvalue weighted by Gasteiger charge is -2.39. The maximum absolute atomic E-state index is 12.5. The van der Waals surface area contributed by atoms with E-state index in [2.05, 4.69) is 32.5 Å². The molecule has 2 aromatic heterocycles. The van der Waals surface area contributed by atoms with Crippen molar-refractivity contribution in [1.29, 1.82) is 0 Å². The van der Waals surface area contributed by atoms with Crippen molar-refractivity contribution in [2.24, 2.45) is 0 Å². The van der Waals surface area contributed by atoms with Crippen LogP contribution in [-0.2, 0) is 4.74 Å². The standard InChI is InChI=1S/C22H24ClIN4O3/c1-13-12-27(21(29)31-22(2,3)4)9-10-28(13)20-26-18-17(24)15(23)11-14(19(18)30-20)16-7-5-6-8-25-16/h5-8,11,13H,9-10,12H2,1-4H3. The number of anilines is 1. The van der Waals surface area contributed by atoms with Crippen LogP contribution >= 0.6 is 34.2 Å². The van der Waals surface area contributed by atoms with E-state index in [1.807, 2.05) is 52.0 Å². The maximum Gasteiger partial charge on any atom is 0.410 e. The van der Waals surface area contributed by atoms with Gasteiger partial charge in [0, 0.05) is 37.4 Å². The molecule has 1 aliphatic rings. The first kappa shape index (κ1) is 22.1. The number of aromatic nitrogens is 2. The highest BCUT2D eigenvalue weighted by Gasteiger charge is 2.32. The monoisotopic (exact) mass is 554 g/mol. The highest BCUT2D eigenvalue weighted by atomic mass is 127. The zero-order valence-corrected chi connectivity index (χ0v) is 20.8. The largest absolute Gasteiger partial charge is 0.444 e. The molecule has 4 rings (SSSR count). The minimum absolute atomic E-state index is 0.0146. The minimum atomic E-state index is -0.518. The molecule has 1 saturated heterocycles. The molecule has 1 amide bonds. The lowest BCUT2D eigenvalue weighted by atomic mass is 10.1. The Balaban J connectivity index is 1.64. The topological polar surface area (TPSA) is 71.7 Å². The normalized spacial score (nSPS) is 17.3. The summed E-state index contributed by atoms with van der Waals surface area (Å²) in [6.45, 7) is 9.31. The average molecular weight is 555 g/mol. The van der Waals surface area contributed by atoms with Crippen molar-refractivity contribution in [1.82, 2.24) is 14.9 Å². The van der Waals surface area contributed by atoms with E-state index in [4.69, 9.17) is 25.7 Å². The molecule has 0 saturated carbocycles. The van der Waals surface area contributed by atoms with Gasteiger partial charge in [0.2, 0.25) is 0 Å². The predicted octanol–water partition coefficient (Wildman–Crippen LogP) is 5.59. The molecule has 3 aromatic rings. The van der Waals surface area contributed by atoms with Gasteiger partial charge in [-0.05, 0) is 68.5 Å². The van der Waals surface area contributed by atoms with Crippen LogP contribution in [-0.4, -0.2) is 52.2 Å². The Bertz CT molecular complexity index is 1110. The van der Waals surface area contributed by atoms with E-state index in [0.29, 0.717) is 41.8 Å². The number of carbonyl (C=O) groups is 1. The second-order valence-electron chi connectivity index (χ2n) is 8.58. The number of hydrogen-bond donors (Lipinski definition) is 0. The van der Waals surface area contributed by atoms with Gasteiger partial charge in [-0.2, -0.15) is 4.98 Å². The summed E-state index contributed by atoms with van der Waals surface area (Å²) in [5.74, 6) is 0. The number of oxazole rings is 1. The quantitative estimate of drug-likeness (QED) is 0.385. The number of piperazine rings is 1. The average Bonchev–Trinajstić information content (AvgIpc) is 3.15. The summed E-state index contributed by atoms with van der Waals surface area (Å²) < 4.78 is 12.6. The van der Waals surface area contributed by atoms with Crippen LogP contribution in [0.25, 0.3) is 22.4 Å². The SMILES string of the molecule is CC1CN(C(=O)OC(C)(C)C)CCN1c1nc2c(I)c(Cl)cc(-c3ccccn3)c2o1. The fourth-order valence-electron chi connectivity index (χ4n) is 3.58. The van der Waals surface area contributed by atoms with Crippen molar-refractivity contribution >= 4 is 57.4 Å². The molecule has 31 heavy (non-hydrogen) atoms. The first-order chi connectivity index (χ1) is 14.6. The van der Waals surface area contributed by atoms with Crippen LogP contribution in [0.2, 0.25) is 5.02 Å². The Morgan fingerprint density at radius 3 is 2.74 bits per heavy atom. The molecule has 1 atom stereocenters. The third-order valence-corrected chi connectivity index (χ3v) is 6.72. The Morgan fingerprint density at radius 2 is 2.10 bits per heavy atom. The predicted molar refractivity (Wildman–Crippen MR) is 130 cm³/mol. The second-order valence-corrected chi connectivity index (χ2v) is 10.1. The number of halogens is 2. The molecule has 3 heterocycles. The number of fused-ring (bicyclic) bond motifs is 1. The van der Waals surface area contributed by atoms with Gasteiger partial charge in [-0.25, -0.2) is 4.79 Å². The third-order valence-electron chi connectivity index (χ3n) is 5.01. The molecule has 0 aliphatic carbocycles. The number of ether oxygens (including phenoxy) is 1. The summed E-state index contributed by atoms with van der Waals surface area (Å²) >= 11 is 8.67. The van der Waals surface area contributed by atoms with Crippen molar-refractivity contribution in [3.05, 3.63) is 39.1 Å². The molecule has 1 unspecified atom stereocenters. The Hall–Kier alpha value is -2.07. The zero-order valence-electron chi connectivity index (χ0n) is 17.9. The van der Waals surface area contributed by atoms with Gasteiger partial charge in [-0.15, -0.1) is 0 Å². The van der Waals surface area contributed by atoms with Crippen molar-refractivity contribution in [3.8, 4) is 11.3 Å². The van der Waals surface area contributed by atoms with Crippen molar-refractivity contribution in [3.63, 3.8) is 0 Å². The summed E-state index contributed by atoms with van der Waals surface area (Å²) in [5, 5.41) is 0.608. The lowest BCUT2D eigenvalue weighted by Crippen LogP contribution is -2.54. The zero-order chi connectivity index (χ0) is 22.3. The van der Waals surface area contributed by atoms with Crippen molar-refractivity contribution in [2.45, 2.75) is 39.3 Å². The molecule has 164 valence electrons. The van der Waals surface area contributed by atoms with E-state index in [9.17, 15) is 4.79 Å². The number of pyridine rings is 1. The molecular formula is C22H24ClIN4O3. The summed E-state index contributed by atoms with van der Waals surface area (Å²) in [5.41, 5.74) is 2.43. The van der Waals surface area contributed by atoms with Gasteiger partial charge in [-0.1, -0.05) is 17.7 Å². The fraction of sp³-hybridized carbons (Fsp3) is 0.409. The summed E-state index contributed by atoms with van der Waals surface area (Å²) in [7, 11) is 0. The molecule has 0 radical (unpaired) electrons. The minimum Gasteiger partial charge on any atom is -0.444 e. The van der Waals surface area contributed by atoms with Gasteiger partial charge in [0.1, 0.15) is 11.1 Å². The molecule has 0 N–H and O–H groups in total. The number of hydrogen-bond acceptors (Lipinski definition) is 6. The van der Waals surface area contributed by atoms with Gasteiger partial charge >= 0.3 is 6.09 Å². The Labute approximate surface area is 199 Å². The molecule has 9 heteroatoms. The molecule has 1 fully saturated rings. The Kier molecular flexibility index (Phi) is 6.04. The van der Waals surface area contributed by atoms with Crippen LogP contribution in [0, 0.1) is 3.57 Å². The van der Waals surface area contributed by atoms with Crippen LogP contribution in [0.5, 0.6) is 0 Å². The summed E-state index contributed by atoms with van der Waals surface area (Å²) in [6.07, 6.45) is 1.44. The van der Waals surface area contributed by atoms with Crippen molar-refractivity contribution in [2.75, 3.05) is 24.5 Å². The number of carbonyl (C=O) groups excluding carboxylic acids is 1. The molecule has 0 spiro atoms. The molecule has 7 nitrogen and oxygen atoms in total. The molecular weight excluding hydrogens is 531 g/mol. The third kappa shape index (κ3) is 4.59. The van der Waals surface area contributed by atoms with Gasteiger partial charge in [0.15, 0.2) is 5.58 Å². The first-order valence-corrected chi connectivity index (χ1v) is 11.5. The van der Waals surface area contributed by atoms with E-state index in [0.717, 1.165) is 14.8 Å². The van der Waals surface area contributed by atoms with Gasteiger partial charge in [-0.3, -0.25) is 4.98 Å². The second kappa shape index (κ2) is 8.46. The fourth-order valence-corrected chi connectivity index (χ4v) is 4.30. The van der Waals surface area contributed by atoms with E-state index >= 15 is 0 Å². The summed E-state index contributed by atoms with van der Waals surface area (Å²) in [6, 6.07) is 8.11. The van der Waals surface area contributed by atoms with E-state index in [1.165, 1.54) is 0 Å². The molecule has 0 bridgehead atoms. The highest BCUT2D eigenvalue weighted by Crippen LogP contribution is 2.38. The summed E-state index contributed by atoms with van der Waals surface area (Å²) in [4.78, 5) is 25.5. The van der Waals surface area contributed by atoms with Crippen LogP contribution < -0.4 is 4.90 Å². The number of rotatable bonds is 2. The molecule has 1 aromatic carbocycles. The van der Waals surface area contributed by atoms with Crippen LogP contribution in [0.15, 0.2) is 34.9 Å². The Morgan fingerprint density at radius 1 is 1.32 bits per heavy atom. The highest BCUT2D eigenvalue weighted by molar-refractivity contribution is 14.1. The van der Waals surface area contributed by atoms with Crippen LogP contribution in [0.3, 0.4) is 0 Å². The van der Waals surface area contributed by atoms with Crippen LogP contribution in [0.1, 0.15) is 27.7 Å². The van der Waals surface area contributed by atoms with Gasteiger partial charge in [0.05, 0.1) is 14.3 Å². The molecule has 1 aliphatic heterocycles. The smallest absolute Gasteiger partial charge is 0.410 e. The lowest BCUT2D eigenvalue weighted by molar-refractivity contribution is 0.0216. The van der Waals surface area contributed by atoms with Gasteiger partial charge < -0.3 is 19.0 Å². The van der Waals surface area contributed by atoms with Crippen LogP contribution in [0.4, 0.5) is 10.8 Å².